The fraction of sp³-hybridized carbons (Fsp3) is 0.400. The van der Waals surface area contributed by atoms with Crippen LogP contribution in [0.5, 0.6) is 5.75 Å². The topological polar surface area (TPSA) is 52.4 Å². The molecule has 0 aromatic heterocycles. The second-order valence-electron chi connectivity index (χ2n) is 4.11. The average molecular weight is 193 g/mol. The third kappa shape index (κ3) is 1.23. The lowest BCUT2D eigenvalue weighted by atomic mass is 9.87. The fourth-order valence-electron chi connectivity index (χ4n) is 1.64. The molecule has 2 rings (SSSR count). The molecule has 0 N–H and O–H groups in total. The van der Waals surface area contributed by atoms with E-state index < -0.39 is 4.92 Å². The van der Waals surface area contributed by atoms with Crippen LogP contribution in [0.25, 0.3) is 0 Å². The first-order valence-corrected chi connectivity index (χ1v) is 4.42. The highest BCUT2D eigenvalue weighted by Gasteiger charge is 2.32. The Morgan fingerprint density at radius 2 is 2.21 bits per heavy atom. The number of fused-ring (bicyclic) bond motifs is 1. The van der Waals surface area contributed by atoms with Gasteiger partial charge in [-0.25, -0.2) is 0 Å². The molecule has 1 aliphatic rings. The summed E-state index contributed by atoms with van der Waals surface area (Å²) in [4.78, 5) is 10.1. The minimum atomic E-state index is -0.408. The predicted molar refractivity (Wildman–Crippen MR) is 51.6 cm³/mol. The lowest BCUT2D eigenvalue weighted by Gasteiger charge is -2.14. The normalized spacial score (nSPS) is 17.3. The van der Waals surface area contributed by atoms with Gasteiger partial charge in [0.15, 0.2) is 0 Å². The minimum Gasteiger partial charge on any atom is -0.492 e. The largest absolute Gasteiger partial charge is 0.492 e. The van der Waals surface area contributed by atoms with Crippen molar-refractivity contribution in [1.29, 1.82) is 0 Å². The van der Waals surface area contributed by atoms with Crippen LogP contribution in [-0.4, -0.2) is 11.5 Å². The van der Waals surface area contributed by atoms with Gasteiger partial charge in [-0.3, -0.25) is 10.1 Å². The van der Waals surface area contributed by atoms with Crippen LogP contribution < -0.4 is 4.74 Å². The number of benzene rings is 1. The number of non-ortho nitro benzene ring substituents is 1. The summed E-state index contributed by atoms with van der Waals surface area (Å²) in [5.74, 6) is 0.643. The summed E-state index contributed by atoms with van der Waals surface area (Å²) in [6.45, 7) is 4.71. The van der Waals surface area contributed by atoms with Gasteiger partial charge in [-0.05, 0) is 6.07 Å². The molecule has 0 bridgehead atoms. The van der Waals surface area contributed by atoms with Crippen LogP contribution >= 0.6 is 0 Å². The molecule has 0 spiro atoms. The molecule has 14 heavy (non-hydrogen) atoms. The van der Waals surface area contributed by atoms with E-state index in [1.54, 1.807) is 6.07 Å². The first-order valence-electron chi connectivity index (χ1n) is 4.42. The van der Waals surface area contributed by atoms with Gasteiger partial charge >= 0.3 is 0 Å². The van der Waals surface area contributed by atoms with E-state index in [4.69, 9.17) is 4.74 Å². The van der Waals surface area contributed by atoms with Crippen molar-refractivity contribution in [3.63, 3.8) is 0 Å². The SMILES string of the molecule is CC1(C)COc2cc([N+](=O)[O-])ccc21. The number of nitrogens with zero attached hydrogens (tertiary/aromatic N) is 1. The van der Waals surface area contributed by atoms with E-state index in [0.717, 1.165) is 5.56 Å². The molecular weight excluding hydrogens is 182 g/mol. The van der Waals surface area contributed by atoms with Crippen LogP contribution in [-0.2, 0) is 5.41 Å². The van der Waals surface area contributed by atoms with E-state index in [9.17, 15) is 10.1 Å². The van der Waals surface area contributed by atoms with Gasteiger partial charge in [-0.1, -0.05) is 13.8 Å². The highest BCUT2D eigenvalue weighted by atomic mass is 16.6. The van der Waals surface area contributed by atoms with E-state index >= 15 is 0 Å². The van der Waals surface area contributed by atoms with Crippen LogP contribution in [0.1, 0.15) is 19.4 Å². The van der Waals surface area contributed by atoms with Gasteiger partial charge in [0.1, 0.15) is 5.75 Å². The molecule has 0 fully saturated rings. The van der Waals surface area contributed by atoms with Crippen LogP contribution in [0.15, 0.2) is 18.2 Å². The number of hydrogen-bond donors (Lipinski definition) is 0. The first-order chi connectivity index (χ1) is 6.50. The molecule has 4 heteroatoms. The molecule has 1 aromatic rings. The molecule has 1 heterocycles. The summed E-state index contributed by atoms with van der Waals surface area (Å²) in [7, 11) is 0. The fourth-order valence-corrected chi connectivity index (χ4v) is 1.64. The number of nitro groups is 1. The van der Waals surface area contributed by atoms with Gasteiger partial charge in [-0.2, -0.15) is 0 Å². The molecule has 0 saturated carbocycles. The third-order valence-electron chi connectivity index (χ3n) is 2.49. The second-order valence-corrected chi connectivity index (χ2v) is 4.11. The molecule has 0 saturated heterocycles. The molecule has 0 atom stereocenters. The number of rotatable bonds is 1. The highest BCUT2D eigenvalue weighted by Crippen LogP contribution is 2.39. The summed E-state index contributed by atoms with van der Waals surface area (Å²) in [6, 6.07) is 4.79. The first kappa shape index (κ1) is 8.99. The number of ether oxygens (including phenoxy) is 1. The van der Waals surface area contributed by atoms with Crippen molar-refractivity contribution in [2.24, 2.45) is 0 Å². The van der Waals surface area contributed by atoms with Crippen LogP contribution in [0, 0.1) is 10.1 Å². The Balaban J connectivity index is 2.49. The van der Waals surface area contributed by atoms with Crippen molar-refractivity contribution in [3.05, 3.63) is 33.9 Å². The summed E-state index contributed by atoms with van der Waals surface area (Å²) in [5.41, 5.74) is 1.09. The Labute approximate surface area is 81.7 Å². The van der Waals surface area contributed by atoms with Gasteiger partial charge in [-0.15, -0.1) is 0 Å². The van der Waals surface area contributed by atoms with E-state index in [-0.39, 0.29) is 11.1 Å². The molecule has 1 aromatic carbocycles. The molecule has 0 aliphatic carbocycles. The summed E-state index contributed by atoms with van der Waals surface area (Å²) >= 11 is 0. The van der Waals surface area contributed by atoms with Crippen molar-refractivity contribution in [2.75, 3.05) is 6.61 Å². The van der Waals surface area contributed by atoms with Gasteiger partial charge < -0.3 is 4.74 Å². The monoisotopic (exact) mass is 193 g/mol. The maximum absolute atomic E-state index is 10.5. The Bertz CT molecular complexity index is 398. The number of hydrogen-bond acceptors (Lipinski definition) is 3. The Kier molecular flexibility index (Phi) is 1.74. The average Bonchev–Trinajstić information content (AvgIpc) is 2.42. The smallest absolute Gasteiger partial charge is 0.273 e. The number of nitro benzene ring substituents is 1. The van der Waals surface area contributed by atoms with Gasteiger partial charge in [0.05, 0.1) is 17.6 Å². The van der Waals surface area contributed by atoms with Crippen LogP contribution in [0.3, 0.4) is 0 Å². The van der Waals surface area contributed by atoms with E-state index in [0.29, 0.717) is 12.4 Å². The van der Waals surface area contributed by atoms with Gasteiger partial charge in [0.2, 0.25) is 0 Å². The zero-order valence-electron chi connectivity index (χ0n) is 8.11. The lowest BCUT2D eigenvalue weighted by molar-refractivity contribution is -0.384. The summed E-state index contributed by atoms with van der Waals surface area (Å²) in [5, 5.41) is 10.5. The highest BCUT2D eigenvalue weighted by molar-refractivity contribution is 5.49. The molecular formula is C10H11NO3. The van der Waals surface area contributed by atoms with E-state index in [1.807, 2.05) is 0 Å². The maximum atomic E-state index is 10.5. The standard InChI is InChI=1S/C10H11NO3/c1-10(2)6-14-9-5-7(11(12)13)3-4-8(9)10/h3-5H,6H2,1-2H3. The summed E-state index contributed by atoms with van der Waals surface area (Å²) in [6.07, 6.45) is 0. The zero-order valence-corrected chi connectivity index (χ0v) is 8.11. The van der Waals surface area contributed by atoms with Crippen molar-refractivity contribution >= 4 is 5.69 Å². The Morgan fingerprint density at radius 1 is 1.50 bits per heavy atom. The molecule has 74 valence electrons. The summed E-state index contributed by atoms with van der Waals surface area (Å²) < 4.78 is 5.40. The molecule has 4 nitrogen and oxygen atoms in total. The van der Waals surface area contributed by atoms with Crippen molar-refractivity contribution < 1.29 is 9.66 Å². The van der Waals surface area contributed by atoms with Gasteiger partial charge in [0.25, 0.3) is 5.69 Å². The quantitative estimate of drug-likeness (QED) is 0.507. The predicted octanol–water partition coefficient (Wildman–Crippen LogP) is 2.26. The molecule has 1 aliphatic heterocycles. The van der Waals surface area contributed by atoms with Crippen LogP contribution in [0.4, 0.5) is 5.69 Å². The Hall–Kier alpha value is -1.58. The van der Waals surface area contributed by atoms with Gasteiger partial charge in [0, 0.05) is 17.0 Å². The Morgan fingerprint density at radius 3 is 2.86 bits per heavy atom. The molecule has 0 radical (unpaired) electrons. The lowest BCUT2D eigenvalue weighted by Crippen LogP contribution is -2.18. The molecule has 0 amide bonds. The minimum absolute atomic E-state index is 0.0372. The maximum Gasteiger partial charge on any atom is 0.273 e. The van der Waals surface area contributed by atoms with Crippen LogP contribution in [0.2, 0.25) is 0 Å². The zero-order chi connectivity index (χ0) is 10.3. The van der Waals surface area contributed by atoms with E-state index in [2.05, 4.69) is 13.8 Å². The second kappa shape index (κ2) is 2.70. The van der Waals surface area contributed by atoms with E-state index in [1.165, 1.54) is 12.1 Å². The third-order valence-corrected chi connectivity index (χ3v) is 2.49. The molecule has 0 unspecified atom stereocenters. The van der Waals surface area contributed by atoms with Crippen molar-refractivity contribution in [3.8, 4) is 5.75 Å². The van der Waals surface area contributed by atoms with Crippen molar-refractivity contribution in [2.45, 2.75) is 19.3 Å². The van der Waals surface area contributed by atoms with Crippen molar-refractivity contribution in [1.82, 2.24) is 0 Å².